The van der Waals surface area contributed by atoms with Crippen LogP contribution in [0.25, 0.3) is 0 Å². The Morgan fingerprint density at radius 3 is 2.55 bits per heavy atom. The molecule has 31 heavy (non-hydrogen) atoms. The van der Waals surface area contributed by atoms with Crippen molar-refractivity contribution in [3.8, 4) is 11.5 Å². The maximum absolute atomic E-state index is 5.53. The number of aromatic nitrogens is 4. The van der Waals surface area contributed by atoms with Crippen LogP contribution in [0.4, 0.5) is 0 Å². The van der Waals surface area contributed by atoms with E-state index in [-0.39, 0.29) is 12.8 Å². The van der Waals surface area contributed by atoms with E-state index >= 15 is 0 Å². The number of ether oxygens (including phenoxy) is 2. The highest BCUT2D eigenvalue weighted by molar-refractivity contribution is 5.44. The van der Waals surface area contributed by atoms with Gasteiger partial charge in [0, 0.05) is 32.2 Å². The molecule has 8 heteroatoms. The van der Waals surface area contributed by atoms with E-state index in [1.165, 1.54) is 32.1 Å². The van der Waals surface area contributed by atoms with Gasteiger partial charge < -0.3 is 9.47 Å². The number of benzene rings is 1. The molecule has 1 aromatic carbocycles. The lowest BCUT2D eigenvalue weighted by molar-refractivity contribution is 0.0394. The molecule has 3 aliphatic rings. The fourth-order valence-corrected chi connectivity index (χ4v) is 5.46. The molecular weight excluding hydrogens is 392 g/mol. The van der Waals surface area contributed by atoms with E-state index < -0.39 is 0 Å². The number of rotatable bonds is 6. The summed E-state index contributed by atoms with van der Waals surface area (Å²) in [5.41, 5.74) is 1.11. The van der Waals surface area contributed by atoms with Crippen molar-refractivity contribution in [2.45, 2.75) is 64.6 Å². The third-order valence-electron chi connectivity index (χ3n) is 7.06. The molecule has 1 atom stereocenters. The molecule has 0 amide bonds. The predicted octanol–water partition coefficient (Wildman–Crippen LogP) is 3.10. The van der Waals surface area contributed by atoms with Gasteiger partial charge in [0.05, 0.1) is 12.6 Å². The molecule has 0 bridgehead atoms. The van der Waals surface area contributed by atoms with E-state index in [1.54, 1.807) is 0 Å². The first-order valence-corrected chi connectivity index (χ1v) is 11.8. The number of hydrogen-bond donors (Lipinski definition) is 0. The Balaban J connectivity index is 1.28. The highest BCUT2D eigenvalue weighted by Gasteiger charge is 2.33. The lowest BCUT2D eigenvalue weighted by atomic mass is 9.93. The van der Waals surface area contributed by atoms with E-state index in [1.807, 2.05) is 16.8 Å². The molecule has 1 saturated carbocycles. The summed E-state index contributed by atoms with van der Waals surface area (Å²) in [7, 11) is 0. The molecule has 1 aromatic heterocycles. The second kappa shape index (κ2) is 9.12. The van der Waals surface area contributed by atoms with Gasteiger partial charge in [-0.05, 0) is 46.9 Å². The highest BCUT2D eigenvalue weighted by atomic mass is 16.7. The maximum Gasteiger partial charge on any atom is 0.231 e. The number of fused-ring (bicyclic) bond motifs is 1. The topological polar surface area (TPSA) is 68.5 Å². The zero-order chi connectivity index (χ0) is 21.2. The van der Waals surface area contributed by atoms with Crippen LogP contribution < -0.4 is 9.47 Å². The van der Waals surface area contributed by atoms with Crippen LogP contribution in [0.3, 0.4) is 0 Å². The van der Waals surface area contributed by atoms with Crippen LogP contribution in [0.15, 0.2) is 18.2 Å². The van der Waals surface area contributed by atoms with Gasteiger partial charge in [-0.25, -0.2) is 4.68 Å². The average molecular weight is 427 g/mol. The largest absolute Gasteiger partial charge is 0.454 e. The quantitative estimate of drug-likeness (QED) is 0.703. The minimum atomic E-state index is 0.220. The number of hydrogen-bond acceptors (Lipinski definition) is 7. The highest BCUT2D eigenvalue weighted by Crippen LogP contribution is 2.34. The molecule has 8 nitrogen and oxygen atoms in total. The normalized spacial score (nSPS) is 21.6. The summed E-state index contributed by atoms with van der Waals surface area (Å²) in [4.78, 5) is 5.31. The Bertz CT molecular complexity index is 871. The van der Waals surface area contributed by atoms with Crippen molar-refractivity contribution in [1.29, 1.82) is 0 Å². The number of tetrazole rings is 1. The van der Waals surface area contributed by atoms with Crippen molar-refractivity contribution < 1.29 is 9.47 Å². The van der Waals surface area contributed by atoms with Gasteiger partial charge in [0.2, 0.25) is 6.79 Å². The molecule has 2 aliphatic heterocycles. The summed E-state index contributed by atoms with van der Waals surface area (Å²) in [6.45, 7) is 9.93. The lowest BCUT2D eigenvalue weighted by Gasteiger charge is -2.43. The summed E-state index contributed by atoms with van der Waals surface area (Å²) < 4.78 is 12.9. The standard InChI is InChI=1S/C23H34N6O2/c1-17(2)22(28-12-10-27(11-13-28)19-6-4-3-5-7-19)23-24-25-26-29(23)15-18-8-9-20-21(14-18)31-16-30-20/h8-9,14,17,19,22H,3-7,10-13,15-16H2,1-2H3. The van der Waals surface area contributed by atoms with Gasteiger partial charge in [-0.1, -0.05) is 39.2 Å². The smallest absolute Gasteiger partial charge is 0.231 e. The zero-order valence-electron chi connectivity index (χ0n) is 18.7. The molecule has 2 fully saturated rings. The van der Waals surface area contributed by atoms with E-state index in [2.05, 4.69) is 45.2 Å². The summed E-state index contributed by atoms with van der Waals surface area (Å²) in [5, 5.41) is 12.9. The average Bonchev–Trinajstić information content (AvgIpc) is 3.44. The molecule has 5 rings (SSSR count). The van der Waals surface area contributed by atoms with Crippen molar-refractivity contribution >= 4 is 0 Å². The Hall–Kier alpha value is -2.19. The van der Waals surface area contributed by atoms with E-state index in [0.717, 1.165) is 55.1 Å². The fraction of sp³-hybridized carbons (Fsp3) is 0.696. The molecule has 3 heterocycles. The maximum atomic E-state index is 5.53. The number of nitrogens with zero attached hydrogens (tertiary/aromatic N) is 6. The van der Waals surface area contributed by atoms with Gasteiger partial charge in [0.1, 0.15) is 0 Å². The minimum absolute atomic E-state index is 0.220. The first kappa shape index (κ1) is 20.7. The molecule has 1 unspecified atom stereocenters. The van der Waals surface area contributed by atoms with Crippen LogP contribution >= 0.6 is 0 Å². The van der Waals surface area contributed by atoms with Crippen LogP contribution in [0.1, 0.15) is 63.4 Å². The molecule has 1 saturated heterocycles. The Morgan fingerprint density at radius 1 is 1.00 bits per heavy atom. The third-order valence-corrected chi connectivity index (χ3v) is 7.06. The molecule has 0 N–H and O–H groups in total. The zero-order valence-corrected chi connectivity index (χ0v) is 18.7. The summed E-state index contributed by atoms with van der Waals surface area (Å²) in [6.07, 6.45) is 6.96. The van der Waals surface area contributed by atoms with Gasteiger partial charge >= 0.3 is 0 Å². The Labute approximate surface area is 184 Å². The molecule has 1 aliphatic carbocycles. The Morgan fingerprint density at radius 2 is 1.77 bits per heavy atom. The van der Waals surface area contributed by atoms with E-state index in [9.17, 15) is 0 Å². The predicted molar refractivity (Wildman–Crippen MR) is 117 cm³/mol. The van der Waals surface area contributed by atoms with E-state index in [0.29, 0.717) is 12.5 Å². The minimum Gasteiger partial charge on any atom is -0.454 e. The van der Waals surface area contributed by atoms with Crippen LogP contribution in [-0.2, 0) is 6.54 Å². The molecular formula is C23H34N6O2. The van der Waals surface area contributed by atoms with Crippen LogP contribution in [0.2, 0.25) is 0 Å². The fourth-order valence-electron chi connectivity index (χ4n) is 5.46. The first-order valence-electron chi connectivity index (χ1n) is 11.8. The first-order chi connectivity index (χ1) is 15.2. The second-order valence-electron chi connectivity index (χ2n) is 9.43. The molecule has 168 valence electrons. The van der Waals surface area contributed by atoms with Crippen molar-refractivity contribution in [3.63, 3.8) is 0 Å². The van der Waals surface area contributed by atoms with Crippen LogP contribution in [0, 0.1) is 5.92 Å². The van der Waals surface area contributed by atoms with Gasteiger partial charge in [-0.15, -0.1) is 5.10 Å². The second-order valence-corrected chi connectivity index (χ2v) is 9.43. The molecule has 0 radical (unpaired) electrons. The molecule has 2 aromatic rings. The summed E-state index contributed by atoms with van der Waals surface area (Å²) in [6, 6.07) is 7.07. The SMILES string of the molecule is CC(C)C(c1nnnn1Cc1ccc2c(c1)OCO2)N1CCN(C2CCCCC2)CC1. The van der Waals surface area contributed by atoms with Crippen LogP contribution in [0.5, 0.6) is 11.5 Å². The van der Waals surface area contributed by atoms with Crippen molar-refractivity contribution in [3.05, 3.63) is 29.6 Å². The summed E-state index contributed by atoms with van der Waals surface area (Å²) >= 11 is 0. The number of piperazine rings is 1. The van der Waals surface area contributed by atoms with Gasteiger partial charge in [0.25, 0.3) is 0 Å². The van der Waals surface area contributed by atoms with Crippen molar-refractivity contribution in [2.24, 2.45) is 5.92 Å². The van der Waals surface area contributed by atoms with Crippen LogP contribution in [-0.4, -0.2) is 69.0 Å². The van der Waals surface area contributed by atoms with Gasteiger partial charge in [-0.3, -0.25) is 9.80 Å². The Kier molecular flexibility index (Phi) is 6.09. The third kappa shape index (κ3) is 4.41. The van der Waals surface area contributed by atoms with Crippen molar-refractivity contribution in [2.75, 3.05) is 33.0 Å². The molecule has 0 spiro atoms. The monoisotopic (exact) mass is 426 g/mol. The van der Waals surface area contributed by atoms with Crippen molar-refractivity contribution in [1.82, 2.24) is 30.0 Å². The van der Waals surface area contributed by atoms with Gasteiger partial charge in [-0.2, -0.15) is 0 Å². The lowest BCUT2D eigenvalue weighted by Crippen LogP contribution is -2.52. The summed E-state index contributed by atoms with van der Waals surface area (Å²) in [5.74, 6) is 2.99. The van der Waals surface area contributed by atoms with E-state index in [4.69, 9.17) is 9.47 Å². The van der Waals surface area contributed by atoms with Gasteiger partial charge in [0.15, 0.2) is 17.3 Å².